The Hall–Kier alpha value is -2.62. The molecule has 0 unspecified atom stereocenters. The summed E-state index contributed by atoms with van der Waals surface area (Å²) in [5.74, 6) is -0.165. The van der Waals surface area contributed by atoms with Crippen molar-refractivity contribution in [1.82, 2.24) is 0 Å². The molecular weight excluding hydrogens is 300 g/mol. The van der Waals surface area contributed by atoms with Crippen molar-refractivity contribution >= 4 is 23.2 Å². The molecule has 0 aromatic heterocycles. The van der Waals surface area contributed by atoms with Crippen LogP contribution in [0, 0.1) is 20.8 Å². The fraction of sp³-hybridized carbons (Fsp3) is 0.300. The molecule has 24 heavy (non-hydrogen) atoms. The standard InChI is InChI=1S/C20H24N2O2/c1-14-8-10-18(11-9-14)21-20(24)12-13-22(17(4)23)19-7-5-6-15(2)16(19)3/h5-11H,12-13H2,1-4H3,(H,21,24). The Bertz CT molecular complexity index is 736. The molecule has 2 amide bonds. The van der Waals surface area contributed by atoms with Crippen molar-refractivity contribution in [3.8, 4) is 0 Å². The molecule has 0 fully saturated rings. The molecule has 2 rings (SSSR count). The molecule has 2 aromatic carbocycles. The van der Waals surface area contributed by atoms with E-state index in [0.29, 0.717) is 6.54 Å². The number of amides is 2. The van der Waals surface area contributed by atoms with E-state index in [1.807, 2.05) is 63.2 Å². The maximum absolute atomic E-state index is 12.2. The topological polar surface area (TPSA) is 49.4 Å². The molecule has 0 radical (unpaired) electrons. The zero-order chi connectivity index (χ0) is 17.7. The van der Waals surface area contributed by atoms with Gasteiger partial charge in [0.05, 0.1) is 0 Å². The van der Waals surface area contributed by atoms with Crippen LogP contribution < -0.4 is 10.2 Å². The highest BCUT2D eigenvalue weighted by Gasteiger charge is 2.16. The first-order chi connectivity index (χ1) is 11.4. The fourth-order valence-corrected chi connectivity index (χ4v) is 2.55. The number of hydrogen-bond acceptors (Lipinski definition) is 2. The van der Waals surface area contributed by atoms with Gasteiger partial charge in [0.15, 0.2) is 0 Å². The van der Waals surface area contributed by atoms with Gasteiger partial charge in [0.25, 0.3) is 0 Å². The summed E-state index contributed by atoms with van der Waals surface area (Å²) >= 11 is 0. The number of anilines is 2. The van der Waals surface area contributed by atoms with Crippen molar-refractivity contribution in [1.29, 1.82) is 0 Å². The molecule has 0 bridgehead atoms. The molecular formula is C20H24N2O2. The number of carbonyl (C=O) groups is 2. The SMILES string of the molecule is CC(=O)N(CCC(=O)Nc1ccc(C)cc1)c1cccc(C)c1C. The van der Waals surface area contributed by atoms with Crippen LogP contribution in [0.25, 0.3) is 0 Å². The Kier molecular flexibility index (Phi) is 5.74. The van der Waals surface area contributed by atoms with Crippen LogP contribution in [-0.2, 0) is 9.59 Å². The highest BCUT2D eigenvalue weighted by atomic mass is 16.2. The molecule has 0 saturated carbocycles. The Morgan fingerprint density at radius 1 is 1.00 bits per heavy atom. The molecule has 0 aliphatic carbocycles. The maximum atomic E-state index is 12.2. The molecule has 0 saturated heterocycles. The van der Waals surface area contributed by atoms with E-state index in [-0.39, 0.29) is 18.2 Å². The molecule has 2 aromatic rings. The molecule has 0 aliphatic heterocycles. The number of aryl methyl sites for hydroxylation is 2. The average Bonchev–Trinajstić information content (AvgIpc) is 2.53. The third kappa shape index (κ3) is 4.44. The highest BCUT2D eigenvalue weighted by Crippen LogP contribution is 2.23. The van der Waals surface area contributed by atoms with Gasteiger partial charge >= 0.3 is 0 Å². The van der Waals surface area contributed by atoms with E-state index in [4.69, 9.17) is 0 Å². The van der Waals surface area contributed by atoms with Crippen molar-refractivity contribution in [3.63, 3.8) is 0 Å². The van der Waals surface area contributed by atoms with Gasteiger partial charge in [-0.3, -0.25) is 9.59 Å². The van der Waals surface area contributed by atoms with Gasteiger partial charge < -0.3 is 10.2 Å². The molecule has 0 heterocycles. The second kappa shape index (κ2) is 7.77. The minimum absolute atomic E-state index is 0.0631. The van der Waals surface area contributed by atoms with Gasteiger partial charge in [-0.15, -0.1) is 0 Å². The van der Waals surface area contributed by atoms with Crippen LogP contribution in [-0.4, -0.2) is 18.4 Å². The lowest BCUT2D eigenvalue weighted by Crippen LogP contribution is -2.32. The Morgan fingerprint density at radius 2 is 1.67 bits per heavy atom. The van der Waals surface area contributed by atoms with Gasteiger partial charge in [-0.2, -0.15) is 0 Å². The lowest BCUT2D eigenvalue weighted by molar-refractivity contribution is -0.117. The second-order valence-corrected chi connectivity index (χ2v) is 6.05. The first kappa shape index (κ1) is 17.7. The minimum atomic E-state index is -0.101. The van der Waals surface area contributed by atoms with E-state index in [1.54, 1.807) is 4.90 Å². The number of carbonyl (C=O) groups excluding carboxylic acids is 2. The van der Waals surface area contributed by atoms with Gasteiger partial charge in [-0.05, 0) is 50.1 Å². The van der Waals surface area contributed by atoms with Gasteiger partial charge in [-0.25, -0.2) is 0 Å². The normalized spacial score (nSPS) is 10.3. The van der Waals surface area contributed by atoms with Crippen LogP contribution in [0.5, 0.6) is 0 Å². The molecule has 0 aliphatic rings. The number of rotatable bonds is 5. The van der Waals surface area contributed by atoms with Crippen LogP contribution in [0.4, 0.5) is 11.4 Å². The minimum Gasteiger partial charge on any atom is -0.326 e. The fourth-order valence-electron chi connectivity index (χ4n) is 2.55. The summed E-state index contributed by atoms with van der Waals surface area (Å²) in [6.45, 7) is 7.89. The van der Waals surface area contributed by atoms with Gasteiger partial charge in [0.2, 0.25) is 11.8 Å². The molecule has 1 N–H and O–H groups in total. The van der Waals surface area contributed by atoms with E-state index in [0.717, 1.165) is 28.1 Å². The van der Waals surface area contributed by atoms with E-state index in [2.05, 4.69) is 5.32 Å². The van der Waals surface area contributed by atoms with Crippen molar-refractivity contribution in [2.24, 2.45) is 0 Å². The van der Waals surface area contributed by atoms with Crippen LogP contribution in [0.15, 0.2) is 42.5 Å². The van der Waals surface area contributed by atoms with Crippen molar-refractivity contribution in [2.75, 3.05) is 16.8 Å². The summed E-state index contributed by atoms with van der Waals surface area (Å²) in [6, 6.07) is 13.5. The first-order valence-corrected chi connectivity index (χ1v) is 8.09. The van der Waals surface area contributed by atoms with Gasteiger partial charge in [0.1, 0.15) is 0 Å². The van der Waals surface area contributed by atoms with Crippen LogP contribution in [0.3, 0.4) is 0 Å². The lowest BCUT2D eigenvalue weighted by atomic mass is 10.1. The van der Waals surface area contributed by atoms with E-state index < -0.39 is 0 Å². The quantitative estimate of drug-likeness (QED) is 0.904. The average molecular weight is 324 g/mol. The molecule has 4 nitrogen and oxygen atoms in total. The van der Waals surface area contributed by atoms with Crippen LogP contribution in [0.2, 0.25) is 0 Å². The summed E-state index contributed by atoms with van der Waals surface area (Å²) in [6.07, 6.45) is 0.251. The number of benzene rings is 2. The Balaban J connectivity index is 2.03. The number of nitrogens with zero attached hydrogens (tertiary/aromatic N) is 1. The molecule has 4 heteroatoms. The summed E-state index contributed by atoms with van der Waals surface area (Å²) in [5, 5.41) is 2.86. The van der Waals surface area contributed by atoms with Crippen LogP contribution >= 0.6 is 0 Å². The Morgan fingerprint density at radius 3 is 2.29 bits per heavy atom. The molecule has 126 valence electrons. The number of nitrogens with one attached hydrogen (secondary N) is 1. The summed E-state index contributed by atoms with van der Waals surface area (Å²) < 4.78 is 0. The number of hydrogen-bond donors (Lipinski definition) is 1. The third-order valence-electron chi connectivity index (χ3n) is 4.14. The van der Waals surface area contributed by atoms with E-state index in [9.17, 15) is 9.59 Å². The zero-order valence-electron chi connectivity index (χ0n) is 14.7. The van der Waals surface area contributed by atoms with E-state index in [1.165, 1.54) is 6.92 Å². The summed E-state index contributed by atoms with van der Waals surface area (Å²) in [5.41, 5.74) is 4.97. The maximum Gasteiger partial charge on any atom is 0.226 e. The van der Waals surface area contributed by atoms with E-state index >= 15 is 0 Å². The predicted molar refractivity (Wildman–Crippen MR) is 98.4 cm³/mol. The van der Waals surface area contributed by atoms with Crippen molar-refractivity contribution in [3.05, 3.63) is 59.2 Å². The Labute approximate surface area is 143 Å². The zero-order valence-corrected chi connectivity index (χ0v) is 14.7. The van der Waals surface area contributed by atoms with Crippen molar-refractivity contribution < 1.29 is 9.59 Å². The monoisotopic (exact) mass is 324 g/mol. The second-order valence-electron chi connectivity index (χ2n) is 6.05. The highest BCUT2D eigenvalue weighted by molar-refractivity contribution is 5.95. The van der Waals surface area contributed by atoms with Crippen LogP contribution in [0.1, 0.15) is 30.0 Å². The summed E-state index contributed by atoms with van der Waals surface area (Å²) in [7, 11) is 0. The summed E-state index contributed by atoms with van der Waals surface area (Å²) in [4.78, 5) is 25.8. The smallest absolute Gasteiger partial charge is 0.226 e. The first-order valence-electron chi connectivity index (χ1n) is 8.09. The van der Waals surface area contributed by atoms with Gasteiger partial charge in [-0.1, -0.05) is 29.8 Å². The molecule has 0 spiro atoms. The molecule has 0 atom stereocenters. The predicted octanol–water partition coefficient (Wildman–Crippen LogP) is 3.99. The lowest BCUT2D eigenvalue weighted by Gasteiger charge is -2.23. The van der Waals surface area contributed by atoms with Crippen molar-refractivity contribution in [2.45, 2.75) is 34.1 Å². The third-order valence-corrected chi connectivity index (χ3v) is 4.14. The van der Waals surface area contributed by atoms with Gasteiger partial charge in [0, 0.05) is 31.3 Å². The largest absolute Gasteiger partial charge is 0.326 e.